The normalized spacial score (nSPS) is 12.6. The molecule has 1 aromatic heterocycles. The van der Waals surface area contributed by atoms with Crippen LogP contribution in [0.4, 0.5) is 5.82 Å². The summed E-state index contributed by atoms with van der Waals surface area (Å²) in [6.07, 6.45) is 1.74. The average molecular weight is 245 g/mol. The predicted octanol–water partition coefficient (Wildman–Crippen LogP) is 1.95. The van der Waals surface area contributed by atoms with Gasteiger partial charge in [0.2, 0.25) is 0 Å². The van der Waals surface area contributed by atoms with E-state index in [1.165, 1.54) is 0 Å². The van der Waals surface area contributed by atoms with Gasteiger partial charge in [0.05, 0.1) is 11.1 Å². The number of hydrogen-bond acceptors (Lipinski definition) is 3. The Morgan fingerprint density at radius 1 is 1.69 bits per heavy atom. The minimum atomic E-state index is 0.0191. The van der Waals surface area contributed by atoms with Gasteiger partial charge >= 0.3 is 0 Å². The number of nitrogens with zero attached hydrogens (tertiary/aromatic N) is 1. The summed E-state index contributed by atoms with van der Waals surface area (Å²) in [5, 5.41) is 11.9. The number of anilines is 1. The molecule has 0 amide bonds. The third kappa shape index (κ3) is 2.67. The number of aryl methyl sites for hydroxylation is 1. The molecule has 0 aliphatic rings. The zero-order valence-electron chi connectivity index (χ0n) is 7.71. The largest absolute Gasteiger partial charge is 0.394 e. The molecule has 0 saturated carbocycles. The molecule has 2 N–H and O–H groups in total. The summed E-state index contributed by atoms with van der Waals surface area (Å²) in [7, 11) is 0. The smallest absolute Gasteiger partial charge is 0.140 e. The van der Waals surface area contributed by atoms with Gasteiger partial charge in [-0.2, -0.15) is 0 Å². The Morgan fingerprint density at radius 3 is 3.00 bits per heavy atom. The maximum atomic E-state index is 8.85. The van der Waals surface area contributed by atoms with Crippen LogP contribution < -0.4 is 5.32 Å². The molecule has 0 spiro atoms. The van der Waals surface area contributed by atoms with Crippen LogP contribution in [0.3, 0.4) is 0 Å². The summed E-state index contributed by atoms with van der Waals surface area (Å²) >= 11 is 3.43. The van der Waals surface area contributed by atoms with Crippen molar-refractivity contribution in [2.75, 3.05) is 11.9 Å². The average Bonchev–Trinajstić information content (AvgIpc) is 2.13. The van der Waals surface area contributed by atoms with E-state index in [1.807, 2.05) is 19.9 Å². The maximum Gasteiger partial charge on any atom is 0.140 e. The van der Waals surface area contributed by atoms with Gasteiger partial charge in [-0.3, -0.25) is 0 Å². The Balaban J connectivity index is 2.83. The molecule has 3 nitrogen and oxygen atoms in total. The van der Waals surface area contributed by atoms with Crippen LogP contribution in [0.2, 0.25) is 0 Å². The van der Waals surface area contributed by atoms with Gasteiger partial charge < -0.3 is 10.4 Å². The van der Waals surface area contributed by atoms with Crippen molar-refractivity contribution in [2.24, 2.45) is 0 Å². The zero-order chi connectivity index (χ0) is 9.84. The zero-order valence-corrected chi connectivity index (χ0v) is 9.30. The van der Waals surface area contributed by atoms with Crippen LogP contribution >= 0.6 is 15.9 Å². The Kier molecular flexibility index (Phi) is 3.69. The second-order valence-electron chi connectivity index (χ2n) is 3.02. The first-order valence-corrected chi connectivity index (χ1v) is 4.93. The summed E-state index contributed by atoms with van der Waals surface area (Å²) < 4.78 is 0.954. The van der Waals surface area contributed by atoms with Crippen LogP contribution in [0.15, 0.2) is 16.7 Å². The van der Waals surface area contributed by atoms with Gasteiger partial charge in [-0.05, 0) is 41.4 Å². The second kappa shape index (κ2) is 4.58. The fourth-order valence-corrected chi connectivity index (χ4v) is 1.27. The van der Waals surface area contributed by atoms with Gasteiger partial charge in [-0.15, -0.1) is 0 Å². The van der Waals surface area contributed by atoms with Crippen molar-refractivity contribution < 1.29 is 5.11 Å². The van der Waals surface area contributed by atoms with Crippen LogP contribution in [0.5, 0.6) is 0 Å². The summed E-state index contributed by atoms with van der Waals surface area (Å²) in [5.74, 6) is 0.779. The summed E-state index contributed by atoms with van der Waals surface area (Å²) in [6, 6.07) is 1.95. The highest BCUT2D eigenvalue weighted by atomic mass is 79.9. The Bertz CT molecular complexity index is 291. The number of pyridine rings is 1. The minimum absolute atomic E-state index is 0.0191. The van der Waals surface area contributed by atoms with E-state index in [0.717, 1.165) is 15.9 Å². The highest BCUT2D eigenvalue weighted by Crippen LogP contribution is 2.23. The molecule has 1 heterocycles. The van der Waals surface area contributed by atoms with Gasteiger partial charge in [0.25, 0.3) is 0 Å². The molecule has 4 heteroatoms. The Hall–Kier alpha value is -0.610. The highest BCUT2D eigenvalue weighted by molar-refractivity contribution is 9.10. The molecule has 1 atom stereocenters. The lowest BCUT2D eigenvalue weighted by molar-refractivity contribution is 0.281. The van der Waals surface area contributed by atoms with E-state index < -0.39 is 0 Å². The van der Waals surface area contributed by atoms with Gasteiger partial charge in [0, 0.05) is 12.2 Å². The fourth-order valence-electron chi connectivity index (χ4n) is 0.920. The monoisotopic (exact) mass is 244 g/mol. The van der Waals surface area contributed by atoms with Crippen LogP contribution in [-0.2, 0) is 0 Å². The SMILES string of the molecule is Cc1ccnc(N[C@@H](C)CO)c1Br. The molecule has 0 aliphatic carbocycles. The van der Waals surface area contributed by atoms with E-state index >= 15 is 0 Å². The highest BCUT2D eigenvalue weighted by Gasteiger charge is 2.06. The quantitative estimate of drug-likeness (QED) is 0.855. The van der Waals surface area contributed by atoms with Crippen molar-refractivity contribution in [3.63, 3.8) is 0 Å². The van der Waals surface area contributed by atoms with Crippen LogP contribution in [0, 0.1) is 6.92 Å². The number of aliphatic hydroxyl groups excluding tert-OH is 1. The standard InChI is InChI=1S/C9H13BrN2O/c1-6-3-4-11-9(8(6)10)12-7(2)5-13/h3-4,7,13H,5H2,1-2H3,(H,11,12)/t7-/m0/s1. The number of nitrogens with one attached hydrogen (secondary N) is 1. The number of aliphatic hydroxyl groups is 1. The first kappa shape index (κ1) is 10.5. The van der Waals surface area contributed by atoms with Crippen molar-refractivity contribution >= 4 is 21.7 Å². The number of rotatable bonds is 3. The van der Waals surface area contributed by atoms with E-state index in [-0.39, 0.29) is 12.6 Å². The van der Waals surface area contributed by atoms with E-state index in [1.54, 1.807) is 6.20 Å². The van der Waals surface area contributed by atoms with Gasteiger partial charge in [-0.25, -0.2) is 4.98 Å². The van der Waals surface area contributed by atoms with E-state index in [0.29, 0.717) is 0 Å². The second-order valence-corrected chi connectivity index (χ2v) is 3.81. The molecule has 0 aromatic carbocycles. The van der Waals surface area contributed by atoms with Gasteiger partial charge in [0.1, 0.15) is 5.82 Å². The number of hydrogen-bond donors (Lipinski definition) is 2. The number of aromatic nitrogens is 1. The molecule has 1 rings (SSSR count). The molecule has 0 saturated heterocycles. The Morgan fingerprint density at radius 2 is 2.38 bits per heavy atom. The first-order valence-electron chi connectivity index (χ1n) is 4.13. The molecule has 72 valence electrons. The molecular formula is C9H13BrN2O. The third-order valence-electron chi connectivity index (χ3n) is 1.74. The summed E-state index contributed by atoms with van der Waals surface area (Å²) in [4.78, 5) is 4.16. The molecular weight excluding hydrogens is 232 g/mol. The lowest BCUT2D eigenvalue weighted by Gasteiger charge is -2.13. The lowest BCUT2D eigenvalue weighted by atomic mass is 10.3. The van der Waals surface area contributed by atoms with Crippen molar-refractivity contribution in [1.82, 2.24) is 4.98 Å². The van der Waals surface area contributed by atoms with Crippen molar-refractivity contribution in [1.29, 1.82) is 0 Å². The predicted molar refractivity (Wildman–Crippen MR) is 56.8 cm³/mol. The molecule has 13 heavy (non-hydrogen) atoms. The lowest BCUT2D eigenvalue weighted by Crippen LogP contribution is -2.20. The third-order valence-corrected chi connectivity index (χ3v) is 2.74. The fraction of sp³-hybridized carbons (Fsp3) is 0.444. The molecule has 0 aliphatic heterocycles. The Labute approximate surface area is 86.3 Å². The van der Waals surface area contributed by atoms with Crippen LogP contribution in [-0.4, -0.2) is 22.7 Å². The first-order chi connectivity index (χ1) is 6.15. The molecule has 0 fully saturated rings. The van der Waals surface area contributed by atoms with Crippen molar-refractivity contribution in [3.05, 3.63) is 22.3 Å². The molecule has 1 aromatic rings. The molecule has 0 radical (unpaired) electrons. The van der Waals surface area contributed by atoms with Crippen LogP contribution in [0.1, 0.15) is 12.5 Å². The van der Waals surface area contributed by atoms with E-state index in [2.05, 4.69) is 26.2 Å². The maximum absolute atomic E-state index is 8.85. The summed E-state index contributed by atoms with van der Waals surface area (Å²) in [6.45, 7) is 4.00. The van der Waals surface area contributed by atoms with E-state index in [9.17, 15) is 0 Å². The topological polar surface area (TPSA) is 45.2 Å². The summed E-state index contributed by atoms with van der Waals surface area (Å²) in [5.41, 5.74) is 1.13. The van der Waals surface area contributed by atoms with E-state index in [4.69, 9.17) is 5.11 Å². The van der Waals surface area contributed by atoms with Gasteiger partial charge in [0.15, 0.2) is 0 Å². The van der Waals surface area contributed by atoms with Crippen LogP contribution in [0.25, 0.3) is 0 Å². The van der Waals surface area contributed by atoms with Gasteiger partial charge in [-0.1, -0.05) is 0 Å². The number of halogens is 1. The van der Waals surface area contributed by atoms with Crippen molar-refractivity contribution in [2.45, 2.75) is 19.9 Å². The molecule has 0 unspecified atom stereocenters. The molecule has 0 bridgehead atoms. The minimum Gasteiger partial charge on any atom is -0.394 e. The van der Waals surface area contributed by atoms with Crippen molar-refractivity contribution in [3.8, 4) is 0 Å².